The number of rotatable bonds is 4. The summed E-state index contributed by atoms with van der Waals surface area (Å²) in [6, 6.07) is 11.7. The lowest BCUT2D eigenvalue weighted by molar-refractivity contribution is 0.574. The Morgan fingerprint density at radius 2 is 2.25 bits per heavy atom. The second-order valence-corrected chi connectivity index (χ2v) is 5.27. The van der Waals surface area contributed by atoms with Gasteiger partial charge in [-0.15, -0.1) is 0 Å². The highest BCUT2D eigenvalue weighted by Crippen LogP contribution is 2.24. The summed E-state index contributed by atoms with van der Waals surface area (Å²) in [4.78, 5) is 0. The van der Waals surface area contributed by atoms with Gasteiger partial charge < -0.3 is 9.73 Å². The van der Waals surface area contributed by atoms with Crippen LogP contribution in [-0.4, -0.2) is 17.9 Å². The van der Waals surface area contributed by atoms with Gasteiger partial charge in [-0.1, -0.05) is 28.1 Å². The molecular weight excluding hydrogens is 338 g/mol. The molecule has 1 aromatic carbocycles. The van der Waals surface area contributed by atoms with E-state index in [1.54, 1.807) is 6.21 Å². The van der Waals surface area contributed by atoms with Crippen molar-refractivity contribution in [2.75, 3.05) is 6.54 Å². The van der Waals surface area contributed by atoms with Gasteiger partial charge in [0.1, 0.15) is 11.5 Å². The molecule has 2 aromatic rings. The first kappa shape index (κ1) is 14.7. The summed E-state index contributed by atoms with van der Waals surface area (Å²) >= 11 is 8.43. The number of benzene rings is 1. The van der Waals surface area contributed by atoms with Gasteiger partial charge in [-0.3, -0.25) is 5.43 Å². The minimum atomic E-state index is 0.488. The third-order valence-corrected chi connectivity index (χ3v) is 3.16. The van der Waals surface area contributed by atoms with Crippen molar-refractivity contribution in [2.24, 2.45) is 5.10 Å². The molecule has 104 valence electrons. The van der Waals surface area contributed by atoms with Crippen LogP contribution in [0.1, 0.15) is 12.7 Å². The van der Waals surface area contributed by atoms with Crippen LogP contribution >= 0.6 is 28.1 Å². The van der Waals surface area contributed by atoms with E-state index >= 15 is 0 Å². The first-order valence-electron chi connectivity index (χ1n) is 6.11. The van der Waals surface area contributed by atoms with Gasteiger partial charge in [-0.2, -0.15) is 5.10 Å². The van der Waals surface area contributed by atoms with Crippen LogP contribution in [0.25, 0.3) is 11.3 Å². The molecule has 4 nitrogen and oxygen atoms in total. The maximum absolute atomic E-state index is 5.69. The van der Waals surface area contributed by atoms with Gasteiger partial charge in [-0.25, -0.2) is 0 Å². The van der Waals surface area contributed by atoms with Crippen molar-refractivity contribution in [3.05, 3.63) is 46.6 Å². The van der Waals surface area contributed by atoms with E-state index in [-0.39, 0.29) is 0 Å². The molecule has 0 spiro atoms. The molecule has 0 saturated carbocycles. The van der Waals surface area contributed by atoms with Gasteiger partial charge in [0, 0.05) is 16.6 Å². The van der Waals surface area contributed by atoms with Crippen molar-refractivity contribution in [1.82, 2.24) is 10.7 Å². The zero-order valence-corrected chi connectivity index (χ0v) is 13.3. The summed E-state index contributed by atoms with van der Waals surface area (Å²) in [5, 5.41) is 7.43. The monoisotopic (exact) mass is 351 g/mol. The van der Waals surface area contributed by atoms with Gasteiger partial charge in [-0.05, 0) is 43.4 Å². The van der Waals surface area contributed by atoms with Crippen molar-refractivity contribution in [3.63, 3.8) is 0 Å². The van der Waals surface area contributed by atoms with Crippen LogP contribution in [-0.2, 0) is 0 Å². The van der Waals surface area contributed by atoms with E-state index in [0.29, 0.717) is 10.9 Å². The molecule has 0 saturated heterocycles. The van der Waals surface area contributed by atoms with Crippen LogP contribution in [0.4, 0.5) is 0 Å². The molecule has 0 bridgehead atoms. The largest absolute Gasteiger partial charge is 0.455 e. The van der Waals surface area contributed by atoms with Crippen molar-refractivity contribution in [2.45, 2.75) is 6.92 Å². The number of nitrogens with one attached hydrogen (secondary N) is 2. The average Bonchev–Trinajstić information content (AvgIpc) is 2.88. The number of hydrogen-bond donors (Lipinski definition) is 2. The molecule has 1 heterocycles. The molecular formula is C14H14BrN3OS. The molecule has 2 rings (SSSR count). The molecule has 0 amide bonds. The van der Waals surface area contributed by atoms with Crippen molar-refractivity contribution >= 4 is 39.5 Å². The van der Waals surface area contributed by atoms with E-state index in [9.17, 15) is 0 Å². The van der Waals surface area contributed by atoms with E-state index in [1.165, 1.54) is 0 Å². The van der Waals surface area contributed by atoms with Crippen molar-refractivity contribution < 1.29 is 4.42 Å². The van der Waals surface area contributed by atoms with E-state index < -0.39 is 0 Å². The third kappa shape index (κ3) is 4.18. The molecule has 0 radical (unpaired) electrons. The number of hydrazone groups is 1. The van der Waals surface area contributed by atoms with Crippen LogP contribution < -0.4 is 10.7 Å². The predicted octanol–water partition coefficient (Wildman–Crippen LogP) is 3.53. The van der Waals surface area contributed by atoms with Gasteiger partial charge in [0.15, 0.2) is 5.11 Å². The minimum Gasteiger partial charge on any atom is -0.455 e. The number of nitrogens with zero attached hydrogens (tertiary/aromatic N) is 1. The molecule has 0 aliphatic heterocycles. The van der Waals surface area contributed by atoms with Crippen LogP contribution in [0, 0.1) is 0 Å². The minimum absolute atomic E-state index is 0.488. The lowest BCUT2D eigenvalue weighted by atomic mass is 10.2. The molecule has 0 fully saturated rings. The first-order valence-corrected chi connectivity index (χ1v) is 7.32. The lowest BCUT2D eigenvalue weighted by Crippen LogP contribution is -2.31. The summed E-state index contributed by atoms with van der Waals surface area (Å²) < 4.78 is 6.71. The van der Waals surface area contributed by atoms with E-state index in [0.717, 1.165) is 22.3 Å². The van der Waals surface area contributed by atoms with Crippen molar-refractivity contribution in [1.29, 1.82) is 0 Å². The molecule has 0 aliphatic carbocycles. The maximum Gasteiger partial charge on any atom is 0.186 e. The Labute approximate surface area is 131 Å². The summed E-state index contributed by atoms with van der Waals surface area (Å²) in [5.41, 5.74) is 3.72. The second kappa shape index (κ2) is 7.21. The lowest BCUT2D eigenvalue weighted by Gasteiger charge is -2.01. The Bertz CT molecular complexity index is 624. The van der Waals surface area contributed by atoms with Crippen LogP contribution in [0.5, 0.6) is 0 Å². The molecule has 1 aromatic heterocycles. The Balaban J connectivity index is 2.02. The zero-order valence-electron chi connectivity index (χ0n) is 10.9. The van der Waals surface area contributed by atoms with Gasteiger partial charge in [0.25, 0.3) is 0 Å². The highest BCUT2D eigenvalue weighted by atomic mass is 79.9. The number of furan rings is 1. The van der Waals surface area contributed by atoms with E-state index in [1.807, 2.05) is 43.3 Å². The SMILES string of the molecule is CCNC(=S)NN=Cc1ccc(-c2cccc(Br)c2)o1. The number of halogens is 1. The predicted molar refractivity (Wildman–Crippen MR) is 88.8 cm³/mol. The van der Waals surface area contributed by atoms with Gasteiger partial charge in [0.05, 0.1) is 6.21 Å². The van der Waals surface area contributed by atoms with Gasteiger partial charge >= 0.3 is 0 Å². The average molecular weight is 352 g/mol. The molecule has 0 atom stereocenters. The summed E-state index contributed by atoms with van der Waals surface area (Å²) in [7, 11) is 0. The second-order valence-electron chi connectivity index (χ2n) is 3.94. The Hall–Kier alpha value is -1.66. The molecule has 6 heteroatoms. The smallest absolute Gasteiger partial charge is 0.186 e. The Kier molecular flexibility index (Phi) is 5.31. The standard InChI is InChI=1S/C14H14BrN3OS/c1-2-16-14(20)18-17-9-12-6-7-13(19-12)10-4-3-5-11(15)8-10/h3-9H,2H2,1H3,(H2,16,18,20). The zero-order chi connectivity index (χ0) is 14.4. The fourth-order valence-electron chi connectivity index (χ4n) is 1.57. The highest BCUT2D eigenvalue weighted by Gasteiger charge is 2.03. The highest BCUT2D eigenvalue weighted by molar-refractivity contribution is 9.10. The molecule has 0 unspecified atom stereocenters. The van der Waals surface area contributed by atoms with Crippen LogP contribution in [0.3, 0.4) is 0 Å². The third-order valence-electron chi connectivity index (χ3n) is 2.43. The topological polar surface area (TPSA) is 49.6 Å². The van der Waals surface area contributed by atoms with Crippen LogP contribution in [0.15, 0.2) is 50.4 Å². The summed E-state index contributed by atoms with van der Waals surface area (Å²) in [5.74, 6) is 1.45. The summed E-state index contributed by atoms with van der Waals surface area (Å²) in [6.07, 6.45) is 1.59. The Morgan fingerprint density at radius 1 is 1.40 bits per heavy atom. The normalized spacial score (nSPS) is 10.7. The molecule has 2 N–H and O–H groups in total. The molecule has 20 heavy (non-hydrogen) atoms. The maximum atomic E-state index is 5.69. The first-order chi connectivity index (χ1) is 9.69. The summed E-state index contributed by atoms with van der Waals surface area (Å²) in [6.45, 7) is 2.73. The fourth-order valence-corrected chi connectivity index (χ4v) is 2.17. The molecule has 0 aliphatic rings. The Morgan fingerprint density at radius 3 is 3.00 bits per heavy atom. The quantitative estimate of drug-likeness (QED) is 0.502. The van der Waals surface area contributed by atoms with Gasteiger partial charge in [0.2, 0.25) is 0 Å². The number of thiocarbonyl (C=S) groups is 1. The number of hydrogen-bond acceptors (Lipinski definition) is 3. The van der Waals surface area contributed by atoms with Crippen LogP contribution in [0.2, 0.25) is 0 Å². The van der Waals surface area contributed by atoms with E-state index in [2.05, 4.69) is 31.8 Å². The van der Waals surface area contributed by atoms with Crippen molar-refractivity contribution in [3.8, 4) is 11.3 Å². The van der Waals surface area contributed by atoms with E-state index in [4.69, 9.17) is 16.6 Å². The fraction of sp³-hybridized carbons (Fsp3) is 0.143.